The zero-order valence-electron chi connectivity index (χ0n) is 9.43. The van der Waals surface area contributed by atoms with Crippen molar-refractivity contribution in [2.75, 3.05) is 7.11 Å². The first-order valence-electron chi connectivity index (χ1n) is 4.94. The minimum absolute atomic E-state index is 0.0430. The number of aromatic nitrogens is 1. The molecule has 2 aromatic rings. The van der Waals surface area contributed by atoms with Crippen molar-refractivity contribution in [1.29, 1.82) is 0 Å². The Bertz CT molecular complexity index is 593. The third-order valence-corrected chi connectivity index (χ3v) is 3.22. The second-order valence-corrected chi connectivity index (χ2v) is 4.31. The average molecular weight is 253 g/mol. The predicted molar refractivity (Wildman–Crippen MR) is 62.5 cm³/mol. The van der Waals surface area contributed by atoms with E-state index in [2.05, 4.69) is 4.74 Å². The Labute approximate surface area is 101 Å². The molecular formula is C11H11NO4S. The fourth-order valence-corrected chi connectivity index (χ4v) is 2.16. The van der Waals surface area contributed by atoms with Gasteiger partial charge in [-0.05, 0) is 19.1 Å². The summed E-state index contributed by atoms with van der Waals surface area (Å²) in [5.74, 6) is 0.170. The van der Waals surface area contributed by atoms with Crippen LogP contribution in [-0.4, -0.2) is 17.6 Å². The van der Waals surface area contributed by atoms with Crippen LogP contribution < -0.4 is 4.87 Å². The summed E-state index contributed by atoms with van der Waals surface area (Å²) in [6.45, 7) is 2.17. The molecule has 0 N–H and O–H groups in total. The van der Waals surface area contributed by atoms with E-state index < -0.39 is 5.97 Å². The third kappa shape index (κ3) is 2.31. The maximum Gasteiger partial charge on any atom is 0.373 e. The van der Waals surface area contributed by atoms with Gasteiger partial charge in [-0.15, -0.1) is 0 Å². The monoisotopic (exact) mass is 253 g/mol. The third-order valence-electron chi connectivity index (χ3n) is 2.34. The molecule has 2 rings (SSSR count). The van der Waals surface area contributed by atoms with Crippen LogP contribution in [0.5, 0.6) is 0 Å². The lowest BCUT2D eigenvalue weighted by atomic mass is 10.4. The summed E-state index contributed by atoms with van der Waals surface area (Å²) in [6.07, 6.45) is 0. The summed E-state index contributed by atoms with van der Waals surface area (Å²) >= 11 is 1.14. The Morgan fingerprint density at radius 2 is 2.29 bits per heavy atom. The number of nitrogens with zero attached hydrogens (tertiary/aromatic N) is 1. The summed E-state index contributed by atoms with van der Waals surface area (Å²) in [5.41, 5.74) is 0.871. The number of carbonyl (C=O) groups is 1. The number of thiazole rings is 1. The molecular weight excluding hydrogens is 242 g/mol. The van der Waals surface area contributed by atoms with Gasteiger partial charge in [0.15, 0.2) is 0 Å². The van der Waals surface area contributed by atoms with Crippen molar-refractivity contribution >= 4 is 17.3 Å². The second kappa shape index (κ2) is 4.58. The van der Waals surface area contributed by atoms with Crippen LogP contribution >= 0.6 is 11.3 Å². The standard InChI is InChI=1S/C11H11NO4S/c1-7-6-17-11(14)12(7)5-8-3-4-9(16-8)10(13)15-2/h3-4,6H,5H2,1-2H3. The SMILES string of the molecule is COC(=O)c1ccc(Cn2c(C)csc2=O)o1. The lowest BCUT2D eigenvalue weighted by Crippen LogP contribution is -2.14. The van der Waals surface area contributed by atoms with Crippen molar-refractivity contribution in [2.45, 2.75) is 13.5 Å². The minimum atomic E-state index is -0.523. The highest BCUT2D eigenvalue weighted by atomic mass is 32.1. The predicted octanol–water partition coefficient (Wildman–Crippen LogP) is 1.65. The van der Waals surface area contributed by atoms with Gasteiger partial charge in [-0.2, -0.15) is 0 Å². The molecule has 90 valence electrons. The zero-order valence-corrected chi connectivity index (χ0v) is 10.2. The van der Waals surface area contributed by atoms with Crippen molar-refractivity contribution in [3.8, 4) is 0 Å². The van der Waals surface area contributed by atoms with Gasteiger partial charge in [0, 0.05) is 11.1 Å². The lowest BCUT2D eigenvalue weighted by Gasteiger charge is -2.00. The summed E-state index contributed by atoms with van der Waals surface area (Å²) < 4.78 is 11.4. The molecule has 0 aliphatic carbocycles. The molecule has 5 nitrogen and oxygen atoms in total. The maximum absolute atomic E-state index is 11.5. The van der Waals surface area contributed by atoms with E-state index >= 15 is 0 Å². The summed E-state index contributed by atoms with van der Waals surface area (Å²) in [7, 11) is 1.29. The zero-order chi connectivity index (χ0) is 12.4. The van der Waals surface area contributed by atoms with Crippen molar-refractivity contribution in [3.05, 3.63) is 44.4 Å². The summed E-state index contributed by atoms with van der Waals surface area (Å²) in [6, 6.07) is 3.20. The fourth-order valence-electron chi connectivity index (χ4n) is 1.43. The molecule has 0 saturated heterocycles. The highest BCUT2D eigenvalue weighted by molar-refractivity contribution is 7.07. The van der Waals surface area contributed by atoms with Crippen LogP contribution in [0.25, 0.3) is 0 Å². The number of methoxy groups -OCH3 is 1. The molecule has 0 spiro atoms. The van der Waals surface area contributed by atoms with Crippen LogP contribution in [0.4, 0.5) is 0 Å². The van der Waals surface area contributed by atoms with Crippen LogP contribution in [0.15, 0.2) is 26.7 Å². The van der Waals surface area contributed by atoms with E-state index in [4.69, 9.17) is 4.42 Å². The molecule has 17 heavy (non-hydrogen) atoms. The molecule has 0 atom stereocenters. The molecule has 2 heterocycles. The molecule has 0 saturated carbocycles. The van der Waals surface area contributed by atoms with Crippen LogP contribution in [0.3, 0.4) is 0 Å². The molecule has 0 unspecified atom stereocenters. The van der Waals surface area contributed by atoms with Gasteiger partial charge in [0.25, 0.3) is 0 Å². The van der Waals surface area contributed by atoms with Crippen LogP contribution in [0.1, 0.15) is 22.0 Å². The normalized spacial score (nSPS) is 10.5. The maximum atomic E-state index is 11.5. The van der Waals surface area contributed by atoms with E-state index in [1.807, 2.05) is 6.92 Å². The van der Waals surface area contributed by atoms with Crippen molar-refractivity contribution in [3.63, 3.8) is 0 Å². The van der Waals surface area contributed by atoms with Crippen LogP contribution in [-0.2, 0) is 11.3 Å². The Morgan fingerprint density at radius 3 is 2.88 bits per heavy atom. The number of rotatable bonds is 3. The van der Waals surface area contributed by atoms with Gasteiger partial charge in [0.2, 0.25) is 5.76 Å². The highest BCUT2D eigenvalue weighted by Gasteiger charge is 2.12. The number of esters is 1. The van der Waals surface area contributed by atoms with Crippen molar-refractivity contribution in [2.24, 2.45) is 0 Å². The molecule has 0 aliphatic heterocycles. The molecule has 2 aromatic heterocycles. The average Bonchev–Trinajstić information content (AvgIpc) is 2.90. The van der Waals surface area contributed by atoms with E-state index in [1.165, 1.54) is 13.2 Å². The highest BCUT2D eigenvalue weighted by Crippen LogP contribution is 2.11. The van der Waals surface area contributed by atoms with E-state index in [0.717, 1.165) is 17.0 Å². The molecule has 0 amide bonds. The second-order valence-electron chi connectivity index (χ2n) is 3.49. The topological polar surface area (TPSA) is 61.4 Å². The van der Waals surface area contributed by atoms with Gasteiger partial charge in [-0.3, -0.25) is 9.36 Å². The largest absolute Gasteiger partial charge is 0.463 e. The van der Waals surface area contributed by atoms with E-state index in [1.54, 1.807) is 16.0 Å². The van der Waals surface area contributed by atoms with Gasteiger partial charge < -0.3 is 9.15 Å². The number of carbonyl (C=O) groups excluding carboxylic acids is 1. The fraction of sp³-hybridized carbons (Fsp3) is 0.273. The first-order valence-corrected chi connectivity index (χ1v) is 5.81. The lowest BCUT2D eigenvalue weighted by molar-refractivity contribution is 0.0563. The van der Waals surface area contributed by atoms with E-state index in [0.29, 0.717) is 12.3 Å². The van der Waals surface area contributed by atoms with Gasteiger partial charge in [0.05, 0.1) is 13.7 Å². The van der Waals surface area contributed by atoms with Gasteiger partial charge >= 0.3 is 10.8 Å². The number of ether oxygens (including phenoxy) is 1. The molecule has 0 aromatic carbocycles. The molecule has 6 heteroatoms. The smallest absolute Gasteiger partial charge is 0.373 e. The quantitative estimate of drug-likeness (QED) is 0.780. The molecule has 0 aliphatic rings. The number of furan rings is 1. The first kappa shape index (κ1) is 11.7. The number of hydrogen-bond donors (Lipinski definition) is 0. The Kier molecular flexibility index (Phi) is 3.14. The van der Waals surface area contributed by atoms with Gasteiger partial charge in [-0.25, -0.2) is 4.79 Å². The van der Waals surface area contributed by atoms with Crippen LogP contribution in [0, 0.1) is 6.92 Å². The summed E-state index contributed by atoms with van der Waals surface area (Å²) in [4.78, 5) is 22.6. The molecule has 0 fully saturated rings. The minimum Gasteiger partial charge on any atom is -0.463 e. The van der Waals surface area contributed by atoms with E-state index in [-0.39, 0.29) is 10.6 Å². The van der Waals surface area contributed by atoms with E-state index in [9.17, 15) is 9.59 Å². The number of hydrogen-bond acceptors (Lipinski definition) is 5. The first-order chi connectivity index (χ1) is 8.11. The van der Waals surface area contributed by atoms with Crippen molar-refractivity contribution < 1.29 is 13.9 Å². The van der Waals surface area contributed by atoms with Crippen molar-refractivity contribution in [1.82, 2.24) is 4.57 Å². The Hall–Kier alpha value is -1.82. The van der Waals surface area contributed by atoms with Crippen LogP contribution in [0.2, 0.25) is 0 Å². The molecule has 0 bridgehead atoms. The number of aryl methyl sites for hydroxylation is 1. The molecule has 0 radical (unpaired) electrons. The Balaban J connectivity index is 2.23. The summed E-state index contributed by atoms with van der Waals surface area (Å²) in [5, 5.41) is 1.78. The van der Waals surface area contributed by atoms with Gasteiger partial charge in [-0.1, -0.05) is 11.3 Å². The van der Waals surface area contributed by atoms with Gasteiger partial charge in [0.1, 0.15) is 5.76 Å². The Morgan fingerprint density at radius 1 is 1.53 bits per heavy atom.